The monoisotopic (exact) mass is 258 g/mol. The van der Waals surface area contributed by atoms with E-state index >= 15 is 0 Å². The number of nitrogens with zero attached hydrogens (tertiary/aromatic N) is 1. The van der Waals surface area contributed by atoms with Crippen molar-refractivity contribution in [2.75, 3.05) is 27.2 Å². The van der Waals surface area contributed by atoms with Crippen molar-refractivity contribution < 1.29 is 13.5 Å². The molecule has 0 aromatic heterocycles. The summed E-state index contributed by atoms with van der Waals surface area (Å²) in [6.07, 6.45) is 0.438. The number of benzene rings is 1. The molecule has 3 nitrogen and oxygen atoms in total. The molecule has 0 fully saturated rings. The third-order valence-corrected chi connectivity index (χ3v) is 3.15. The number of nitrogens with two attached hydrogens (primary N) is 1. The topological polar surface area (TPSA) is 38.5 Å². The van der Waals surface area contributed by atoms with Gasteiger partial charge in [0, 0.05) is 25.2 Å². The molecule has 1 unspecified atom stereocenters. The van der Waals surface area contributed by atoms with Crippen LogP contribution in [0, 0.1) is 11.6 Å². The molecular weight excluding hydrogens is 238 g/mol. The Morgan fingerprint density at radius 3 is 2.56 bits per heavy atom. The number of ether oxygens (including phenoxy) is 1. The summed E-state index contributed by atoms with van der Waals surface area (Å²) < 4.78 is 31.8. The van der Waals surface area contributed by atoms with Crippen molar-refractivity contribution in [2.24, 2.45) is 5.73 Å². The molecule has 0 bridgehead atoms. The highest BCUT2D eigenvalue weighted by molar-refractivity contribution is 5.31. The summed E-state index contributed by atoms with van der Waals surface area (Å²) in [6, 6.07) is 2.49. The molecule has 0 heterocycles. The van der Waals surface area contributed by atoms with E-state index in [0.717, 1.165) is 6.07 Å². The Morgan fingerprint density at radius 1 is 1.33 bits per heavy atom. The summed E-state index contributed by atoms with van der Waals surface area (Å²) in [5.74, 6) is -1.05. The summed E-state index contributed by atoms with van der Waals surface area (Å²) in [7, 11) is 3.23. The average molecular weight is 258 g/mol. The number of hydrogen-bond acceptors (Lipinski definition) is 3. The van der Waals surface area contributed by atoms with E-state index < -0.39 is 11.6 Å². The van der Waals surface area contributed by atoms with Gasteiger partial charge in [-0.2, -0.15) is 0 Å². The lowest BCUT2D eigenvalue weighted by Crippen LogP contribution is -2.36. The third-order valence-electron chi connectivity index (χ3n) is 3.15. The molecule has 18 heavy (non-hydrogen) atoms. The Balaban J connectivity index is 2.71. The van der Waals surface area contributed by atoms with Crippen LogP contribution in [0.3, 0.4) is 0 Å². The molecule has 1 aromatic carbocycles. The van der Waals surface area contributed by atoms with Gasteiger partial charge < -0.3 is 15.4 Å². The van der Waals surface area contributed by atoms with Gasteiger partial charge in [-0.25, -0.2) is 8.78 Å². The average Bonchev–Trinajstić information content (AvgIpc) is 2.37. The lowest BCUT2D eigenvalue weighted by Gasteiger charge is -2.23. The van der Waals surface area contributed by atoms with Crippen LogP contribution in [-0.2, 0) is 6.42 Å². The summed E-state index contributed by atoms with van der Waals surface area (Å²) in [5, 5.41) is 0. The molecule has 102 valence electrons. The first-order valence-corrected chi connectivity index (χ1v) is 5.91. The molecule has 5 heteroatoms. The standard InChI is InChI=1S/C13H20F2N2O/c1-9(8-16)17(2)5-4-10-6-12(15)13(18-3)7-11(10)14/h6-7,9H,4-5,8,16H2,1-3H3. The normalized spacial score (nSPS) is 12.8. The fourth-order valence-electron chi connectivity index (χ4n) is 1.61. The first-order valence-electron chi connectivity index (χ1n) is 5.91. The van der Waals surface area contributed by atoms with Gasteiger partial charge >= 0.3 is 0 Å². The molecule has 0 spiro atoms. The van der Waals surface area contributed by atoms with Gasteiger partial charge in [0.05, 0.1) is 7.11 Å². The van der Waals surface area contributed by atoms with Crippen LogP contribution in [0.15, 0.2) is 12.1 Å². The van der Waals surface area contributed by atoms with E-state index in [1.54, 1.807) is 0 Å². The Morgan fingerprint density at radius 2 is 2.00 bits per heavy atom. The highest BCUT2D eigenvalue weighted by Gasteiger charge is 2.12. The second-order valence-corrected chi connectivity index (χ2v) is 4.39. The maximum atomic E-state index is 13.7. The summed E-state index contributed by atoms with van der Waals surface area (Å²) in [6.45, 7) is 3.15. The molecule has 2 N–H and O–H groups in total. The van der Waals surface area contributed by atoms with Crippen molar-refractivity contribution in [1.29, 1.82) is 0 Å². The second-order valence-electron chi connectivity index (χ2n) is 4.39. The largest absolute Gasteiger partial charge is 0.494 e. The highest BCUT2D eigenvalue weighted by atomic mass is 19.1. The number of methoxy groups -OCH3 is 1. The van der Waals surface area contributed by atoms with Crippen LogP contribution in [0.4, 0.5) is 8.78 Å². The number of hydrogen-bond donors (Lipinski definition) is 1. The van der Waals surface area contributed by atoms with Gasteiger partial charge in [0.15, 0.2) is 11.6 Å². The molecule has 1 rings (SSSR count). The lowest BCUT2D eigenvalue weighted by molar-refractivity contribution is 0.265. The minimum absolute atomic E-state index is 0.0695. The predicted molar refractivity (Wildman–Crippen MR) is 67.8 cm³/mol. The van der Waals surface area contributed by atoms with Crippen molar-refractivity contribution in [3.05, 3.63) is 29.3 Å². The van der Waals surface area contributed by atoms with Crippen molar-refractivity contribution >= 4 is 0 Å². The Labute approximate surface area is 107 Å². The van der Waals surface area contributed by atoms with Gasteiger partial charge in [0.1, 0.15) is 5.82 Å². The van der Waals surface area contributed by atoms with Crippen LogP contribution in [0.5, 0.6) is 5.75 Å². The Hall–Kier alpha value is -1.20. The van der Waals surface area contributed by atoms with Gasteiger partial charge in [-0.05, 0) is 32.0 Å². The smallest absolute Gasteiger partial charge is 0.165 e. The number of halogens is 2. The Kier molecular flexibility index (Phi) is 5.50. The molecular formula is C13H20F2N2O. The van der Waals surface area contributed by atoms with Crippen molar-refractivity contribution in [3.8, 4) is 5.75 Å². The maximum Gasteiger partial charge on any atom is 0.165 e. The van der Waals surface area contributed by atoms with Gasteiger partial charge in [-0.3, -0.25) is 0 Å². The van der Waals surface area contributed by atoms with Crippen LogP contribution in [0.1, 0.15) is 12.5 Å². The van der Waals surface area contributed by atoms with E-state index in [-0.39, 0.29) is 11.8 Å². The minimum atomic E-state index is -0.538. The summed E-state index contributed by atoms with van der Waals surface area (Å²) in [4.78, 5) is 2.02. The summed E-state index contributed by atoms with van der Waals surface area (Å²) in [5.41, 5.74) is 5.89. The predicted octanol–water partition coefficient (Wildman–Crippen LogP) is 1.79. The van der Waals surface area contributed by atoms with Crippen LogP contribution >= 0.6 is 0 Å². The highest BCUT2D eigenvalue weighted by Crippen LogP contribution is 2.21. The van der Waals surface area contributed by atoms with E-state index in [0.29, 0.717) is 25.1 Å². The molecule has 0 amide bonds. The molecule has 0 saturated heterocycles. The first kappa shape index (κ1) is 14.9. The molecule has 1 aromatic rings. The first-order chi connectivity index (χ1) is 8.49. The van der Waals surface area contributed by atoms with Crippen LogP contribution in [-0.4, -0.2) is 38.2 Å². The van der Waals surface area contributed by atoms with E-state index in [1.807, 2.05) is 18.9 Å². The fraction of sp³-hybridized carbons (Fsp3) is 0.538. The zero-order valence-electron chi connectivity index (χ0n) is 11.0. The SMILES string of the molecule is COc1cc(F)c(CCN(C)C(C)CN)cc1F. The molecule has 0 radical (unpaired) electrons. The lowest BCUT2D eigenvalue weighted by atomic mass is 10.1. The molecule has 0 aliphatic heterocycles. The molecule has 0 aliphatic carbocycles. The van der Waals surface area contributed by atoms with Crippen LogP contribution in [0.25, 0.3) is 0 Å². The van der Waals surface area contributed by atoms with E-state index in [4.69, 9.17) is 10.5 Å². The third kappa shape index (κ3) is 3.65. The zero-order valence-corrected chi connectivity index (χ0v) is 11.0. The summed E-state index contributed by atoms with van der Waals surface area (Å²) >= 11 is 0. The number of rotatable bonds is 6. The van der Waals surface area contributed by atoms with Crippen molar-refractivity contribution in [1.82, 2.24) is 4.90 Å². The zero-order chi connectivity index (χ0) is 13.7. The maximum absolute atomic E-state index is 13.7. The van der Waals surface area contributed by atoms with Gasteiger partial charge in [-0.15, -0.1) is 0 Å². The van der Waals surface area contributed by atoms with E-state index in [1.165, 1.54) is 13.2 Å². The molecule has 0 aliphatic rings. The second kappa shape index (κ2) is 6.66. The fourth-order valence-corrected chi connectivity index (χ4v) is 1.61. The van der Waals surface area contributed by atoms with Gasteiger partial charge in [0.25, 0.3) is 0 Å². The van der Waals surface area contributed by atoms with Crippen molar-refractivity contribution in [2.45, 2.75) is 19.4 Å². The van der Waals surface area contributed by atoms with E-state index in [9.17, 15) is 8.78 Å². The van der Waals surface area contributed by atoms with Gasteiger partial charge in [0.2, 0.25) is 0 Å². The molecule has 1 atom stereocenters. The Bertz CT molecular complexity index is 399. The van der Waals surface area contributed by atoms with Gasteiger partial charge in [-0.1, -0.05) is 0 Å². The quantitative estimate of drug-likeness (QED) is 0.845. The van der Waals surface area contributed by atoms with Crippen molar-refractivity contribution in [3.63, 3.8) is 0 Å². The van der Waals surface area contributed by atoms with Crippen LogP contribution < -0.4 is 10.5 Å². The van der Waals surface area contributed by atoms with E-state index in [2.05, 4.69) is 0 Å². The molecule has 0 saturated carbocycles. The van der Waals surface area contributed by atoms with Crippen LogP contribution in [0.2, 0.25) is 0 Å². The number of likely N-dealkylation sites (N-methyl/N-ethyl adjacent to an activating group) is 1. The minimum Gasteiger partial charge on any atom is -0.494 e.